The van der Waals surface area contributed by atoms with E-state index in [9.17, 15) is 14.7 Å². The quantitative estimate of drug-likeness (QED) is 0.180. The van der Waals surface area contributed by atoms with E-state index in [0.29, 0.717) is 27.4 Å². The van der Waals surface area contributed by atoms with E-state index in [2.05, 4.69) is 52.2 Å². The van der Waals surface area contributed by atoms with E-state index < -0.39 is 6.98 Å². The van der Waals surface area contributed by atoms with Crippen LogP contribution in [-0.4, -0.2) is 30.8 Å². The largest absolute Gasteiger partial charge is 0.506 e. The van der Waals surface area contributed by atoms with Gasteiger partial charge >= 0.3 is 14.0 Å². The number of nitrogens with zero attached hydrogens (tertiary/aromatic N) is 1. The molecule has 0 atom stereocenters. The average molecular weight is 637 g/mol. The van der Waals surface area contributed by atoms with Gasteiger partial charge in [-0.25, -0.2) is 0 Å². The number of anilines is 4. The number of carbonyl (C=O) groups is 2. The average Bonchev–Trinajstić information content (AvgIpc) is 3.11. The third-order valence-corrected chi connectivity index (χ3v) is 9.63. The van der Waals surface area contributed by atoms with Crippen LogP contribution in [0.3, 0.4) is 0 Å². The third-order valence-electron chi connectivity index (χ3n) is 9.63. The second-order valence-corrected chi connectivity index (χ2v) is 12.8. The second-order valence-electron chi connectivity index (χ2n) is 12.8. The number of hydrogen-bond acceptors (Lipinski definition) is 7. The maximum absolute atomic E-state index is 14.3. The molecule has 6 aromatic carbocycles. The summed E-state index contributed by atoms with van der Waals surface area (Å²) in [6.07, 6.45) is 0. The van der Waals surface area contributed by atoms with Crippen molar-refractivity contribution < 1.29 is 14.7 Å². The van der Waals surface area contributed by atoms with Crippen molar-refractivity contribution in [3.63, 3.8) is 0 Å². The number of carbonyl (C=O) groups excluding carboxylic acids is 2. The summed E-state index contributed by atoms with van der Waals surface area (Å²) in [4.78, 5) is 30.9. The van der Waals surface area contributed by atoms with Crippen LogP contribution >= 0.6 is 0 Å². The molecule has 9 rings (SSSR count). The predicted molar refractivity (Wildman–Crippen MR) is 200 cm³/mol. The first-order valence-electron chi connectivity index (χ1n) is 16.3. The van der Waals surface area contributed by atoms with Gasteiger partial charge in [0.05, 0.1) is 16.5 Å². The molecule has 0 saturated carbocycles. The highest BCUT2D eigenvalue weighted by atomic mass is 16.3. The van der Waals surface area contributed by atoms with E-state index in [1.54, 1.807) is 0 Å². The van der Waals surface area contributed by atoms with E-state index >= 15 is 0 Å². The van der Waals surface area contributed by atoms with E-state index in [-0.39, 0.29) is 30.0 Å². The molecule has 0 spiro atoms. The Morgan fingerprint density at radius 2 is 1.41 bits per heavy atom. The van der Waals surface area contributed by atoms with Crippen molar-refractivity contribution in [2.24, 2.45) is 4.90 Å². The molecule has 0 aromatic heterocycles. The Morgan fingerprint density at radius 3 is 2.12 bits per heavy atom. The van der Waals surface area contributed by atoms with Crippen LogP contribution in [0.1, 0.15) is 18.1 Å². The molecule has 49 heavy (non-hydrogen) atoms. The van der Waals surface area contributed by atoms with E-state index in [1.807, 2.05) is 84.9 Å². The van der Waals surface area contributed by atoms with Crippen molar-refractivity contribution in [3.8, 4) is 0 Å². The fourth-order valence-electron chi connectivity index (χ4n) is 7.26. The molecule has 6 aromatic rings. The Balaban J connectivity index is 1.20. The van der Waals surface area contributed by atoms with Gasteiger partial charge in [-0.05, 0) is 52.9 Å². The number of benzene rings is 6. The van der Waals surface area contributed by atoms with Crippen LogP contribution in [0.5, 0.6) is 0 Å². The second kappa shape index (κ2) is 10.9. The highest BCUT2D eigenvalue weighted by Crippen LogP contribution is 2.45. The Morgan fingerprint density at radius 1 is 0.735 bits per heavy atom. The number of aliphatic hydroxyl groups is 1. The zero-order chi connectivity index (χ0) is 33.4. The normalized spacial score (nSPS) is 15.7. The number of amides is 1. The van der Waals surface area contributed by atoms with Crippen LogP contribution in [0, 0.1) is 6.92 Å². The molecule has 234 valence electrons. The first kappa shape index (κ1) is 28.9. The molecule has 5 N–H and O–H groups in total. The Labute approximate surface area is 282 Å². The molecule has 2 aliphatic heterocycles. The predicted octanol–water partition coefficient (Wildman–Crippen LogP) is 4.64. The van der Waals surface area contributed by atoms with Gasteiger partial charge < -0.3 is 31.0 Å². The summed E-state index contributed by atoms with van der Waals surface area (Å²) >= 11 is 0. The fourth-order valence-corrected chi connectivity index (χ4v) is 7.26. The summed E-state index contributed by atoms with van der Waals surface area (Å²) in [5.74, 6) is -0.404. The minimum absolute atomic E-state index is 0.0386. The van der Waals surface area contributed by atoms with Crippen LogP contribution in [0.2, 0.25) is 0 Å². The van der Waals surface area contributed by atoms with Crippen molar-refractivity contribution in [1.29, 1.82) is 0 Å². The Hall–Kier alpha value is -6.28. The van der Waals surface area contributed by atoms with Gasteiger partial charge in [0.1, 0.15) is 5.76 Å². The molecule has 2 heterocycles. The number of hydrogen-bond donors (Lipinski definition) is 5. The number of nitrogens with one attached hydrogen (secondary N) is 4. The van der Waals surface area contributed by atoms with Gasteiger partial charge in [0.15, 0.2) is 0 Å². The third kappa shape index (κ3) is 4.59. The van der Waals surface area contributed by atoms with Gasteiger partial charge in [-0.1, -0.05) is 90.5 Å². The van der Waals surface area contributed by atoms with Crippen molar-refractivity contribution >= 4 is 92.0 Å². The van der Waals surface area contributed by atoms with Crippen LogP contribution < -0.4 is 42.5 Å². The highest BCUT2D eigenvalue weighted by Gasteiger charge is 2.39. The lowest BCUT2D eigenvalue weighted by Crippen LogP contribution is -2.48. The van der Waals surface area contributed by atoms with Crippen molar-refractivity contribution in [2.45, 2.75) is 13.8 Å². The monoisotopic (exact) mass is 637 g/mol. The lowest BCUT2D eigenvalue weighted by Gasteiger charge is -2.31. The first-order valence-corrected chi connectivity index (χ1v) is 16.3. The van der Waals surface area contributed by atoms with Gasteiger partial charge in [0, 0.05) is 51.2 Å². The van der Waals surface area contributed by atoms with E-state index in [1.165, 1.54) is 12.5 Å². The summed E-state index contributed by atoms with van der Waals surface area (Å²) in [6.45, 7) is 2.88. The molecular formula is C39H29B2N5O3. The van der Waals surface area contributed by atoms with Gasteiger partial charge in [0.25, 0.3) is 0 Å². The molecule has 0 bridgehead atoms. The van der Waals surface area contributed by atoms with Gasteiger partial charge in [-0.3, -0.25) is 9.59 Å². The Kier molecular flexibility index (Phi) is 6.42. The number of allylic oxidation sites excluding steroid dienone is 2. The highest BCUT2D eigenvalue weighted by molar-refractivity contribution is 6.80. The number of Topliss-reactive ketones (excluding diaryl/α,β-unsaturated/α-hetero) is 1. The maximum Gasteiger partial charge on any atom is 0.427 e. The smallest absolute Gasteiger partial charge is 0.427 e. The van der Waals surface area contributed by atoms with Gasteiger partial charge in [-0.2, -0.15) is 0 Å². The van der Waals surface area contributed by atoms with Crippen molar-refractivity contribution in [1.82, 2.24) is 0 Å². The zero-order valence-electron chi connectivity index (χ0n) is 26.8. The number of aryl methyl sites for hydroxylation is 1. The van der Waals surface area contributed by atoms with Crippen molar-refractivity contribution in [3.05, 3.63) is 137 Å². The lowest BCUT2D eigenvalue weighted by molar-refractivity contribution is -0.114. The van der Waals surface area contributed by atoms with Gasteiger partial charge in [0.2, 0.25) is 11.7 Å². The first-order chi connectivity index (χ1) is 23.8. The van der Waals surface area contributed by atoms with E-state index in [0.717, 1.165) is 49.5 Å². The van der Waals surface area contributed by atoms with Crippen LogP contribution in [0.4, 0.5) is 22.7 Å². The van der Waals surface area contributed by atoms with E-state index in [4.69, 9.17) is 4.90 Å². The summed E-state index contributed by atoms with van der Waals surface area (Å²) in [5, 5.41) is 30.5. The minimum Gasteiger partial charge on any atom is -0.506 e. The maximum atomic E-state index is 14.3. The molecule has 10 heteroatoms. The molecule has 0 saturated heterocycles. The zero-order valence-corrected chi connectivity index (χ0v) is 26.8. The molecular weight excluding hydrogens is 608 g/mol. The molecule has 8 nitrogen and oxygen atoms in total. The molecule has 1 amide bonds. The standard InChI is InChI=1S/C39H29B2N5O3/c1-21-9-13-25(14-10-21)40-43-30-7-3-5-23-11-19-28(36(45-40)32(23)30)34-38(48)35(39(34)49)29-20-12-24-6-4-8-31-33(24)37(29)46-41(44-31)26-15-17-27(18-16-26)42-22(2)47/h3-20,43-45,48H,1-2H3,(H,42,47)/b35-29+. The molecule has 1 aliphatic carbocycles. The molecule has 3 aliphatic rings. The summed E-state index contributed by atoms with van der Waals surface area (Å²) in [5.41, 5.74) is 7.71. The summed E-state index contributed by atoms with van der Waals surface area (Å²) in [7, 11) is 0. The Bertz CT molecular complexity index is 2580. The fraction of sp³-hybridized carbons (Fsp3) is 0.0513. The molecule has 0 unspecified atom stereocenters. The number of rotatable bonds is 4. The van der Waals surface area contributed by atoms with Crippen LogP contribution in [-0.2, 0) is 9.59 Å². The lowest BCUT2D eigenvalue weighted by atomic mass is 9.65. The summed E-state index contributed by atoms with van der Waals surface area (Å²) < 4.78 is 0. The van der Waals surface area contributed by atoms with Crippen molar-refractivity contribution in [2.75, 3.05) is 21.0 Å². The summed E-state index contributed by atoms with van der Waals surface area (Å²) in [6, 6.07) is 35.7. The topological polar surface area (TPSA) is 115 Å². The minimum atomic E-state index is -0.439. The van der Waals surface area contributed by atoms with Gasteiger partial charge in [-0.15, -0.1) is 0 Å². The number of ketones is 1. The molecule has 0 radical (unpaired) electrons. The SMILES string of the molecule is CC(=O)Nc1ccc(B2N=c3/c(=C4/C(=O)C(c5ccc6cccc7c6c5NB(c5ccc(C)cc5)N7)=C4O)ccc4cccc(c34)N2)cc1. The van der Waals surface area contributed by atoms with Crippen LogP contribution in [0.25, 0.3) is 32.7 Å². The number of aliphatic hydroxyl groups excluding tert-OH is 1. The molecule has 0 fully saturated rings. The van der Waals surface area contributed by atoms with Crippen LogP contribution in [0.15, 0.2) is 120 Å².